The number of rotatable bonds is 10. The van der Waals surface area contributed by atoms with Crippen LogP contribution >= 0.6 is 0 Å². The lowest BCUT2D eigenvalue weighted by molar-refractivity contribution is -0.117. The molecule has 152 valence electrons. The molecule has 2 aromatic carbocycles. The van der Waals surface area contributed by atoms with E-state index >= 15 is 0 Å². The van der Waals surface area contributed by atoms with Gasteiger partial charge in [-0.3, -0.25) is 4.79 Å². The molecule has 0 heterocycles. The molecule has 0 aliphatic rings. The molecular formula is C22H25N3O4. The number of hydrogen-bond acceptors (Lipinski definition) is 6. The third kappa shape index (κ3) is 6.78. The maximum atomic E-state index is 12.3. The number of nitriles is 1. The summed E-state index contributed by atoms with van der Waals surface area (Å²) in [6.07, 6.45) is 1.40. The molecule has 0 aliphatic heterocycles. The summed E-state index contributed by atoms with van der Waals surface area (Å²) in [4.78, 5) is 12.3. The summed E-state index contributed by atoms with van der Waals surface area (Å²) in [5, 5.41) is 15.0. The molecule has 7 heteroatoms. The first kappa shape index (κ1) is 21.6. The minimum atomic E-state index is -0.445. The second-order valence-corrected chi connectivity index (χ2v) is 6.12. The zero-order chi connectivity index (χ0) is 21.1. The van der Waals surface area contributed by atoms with Gasteiger partial charge in [0.2, 0.25) is 0 Å². The topological polar surface area (TPSA) is 92.6 Å². The maximum absolute atomic E-state index is 12.3. The third-order valence-corrected chi connectivity index (χ3v) is 4.15. The number of carbonyl (C=O) groups excluding carboxylic acids is 1. The number of ether oxygens (including phenoxy) is 3. The van der Waals surface area contributed by atoms with Crippen molar-refractivity contribution in [3.8, 4) is 23.3 Å². The predicted octanol–water partition coefficient (Wildman–Crippen LogP) is 2.96. The Morgan fingerprint density at radius 1 is 1.03 bits per heavy atom. The molecule has 0 aliphatic carbocycles. The number of hydrogen-bond donors (Lipinski definition) is 2. The Labute approximate surface area is 170 Å². The van der Waals surface area contributed by atoms with Gasteiger partial charge in [-0.2, -0.15) is 5.26 Å². The minimum Gasteiger partial charge on any atom is -0.497 e. The van der Waals surface area contributed by atoms with E-state index in [0.29, 0.717) is 18.9 Å². The molecule has 0 saturated carbocycles. The summed E-state index contributed by atoms with van der Waals surface area (Å²) < 4.78 is 15.8. The van der Waals surface area contributed by atoms with E-state index in [2.05, 4.69) is 10.6 Å². The normalized spacial score (nSPS) is 11.7. The Kier molecular flexibility index (Phi) is 8.39. The number of benzene rings is 2. The standard InChI is InChI=1S/C22H25N3O4/c1-16(17-4-6-19(27-2)7-5-17)25-22(26)18(14-23)15-24-12-13-29-21-10-8-20(28-3)9-11-21/h4-11,15-16,24H,12-13H2,1-3H3,(H,25,26)/b18-15-. The first-order valence-corrected chi connectivity index (χ1v) is 9.12. The number of amides is 1. The maximum Gasteiger partial charge on any atom is 0.263 e. The van der Waals surface area contributed by atoms with Crippen molar-refractivity contribution >= 4 is 5.91 Å². The minimum absolute atomic E-state index is 0.00481. The lowest BCUT2D eigenvalue weighted by Crippen LogP contribution is -2.29. The Balaban J connectivity index is 1.79. The van der Waals surface area contributed by atoms with Gasteiger partial charge in [0.15, 0.2) is 0 Å². The van der Waals surface area contributed by atoms with Crippen LogP contribution in [0.4, 0.5) is 0 Å². The Morgan fingerprint density at radius 3 is 2.14 bits per heavy atom. The molecule has 0 fully saturated rings. The zero-order valence-corrected chi connectivity index (χ0v) is 16.8. The largest absolute Gasteiger partial charge is 0.497 e. The number of methoxy groups -OCH3 is 2. The number of nitrogens with one attached hydrogen (secondary N) is 2. The Morgan fingerprint density at radius 2 is 1.59 bits per heavy atom. The van der Waals surface area contributed by atoms with Gasteiger partial charge in [0.1, 0.15) is 35.5 Å². The molecule has 1 unspecified atom stereocenters. The van der Waals surface area contributed by atoms with E-state index < -0.39 is 5.91 Å². The fourth-order valence-electron chi connectivity index (χ4n) is 2.47. The predicted molar refractivity (Wildman–Crippen MR) is 110 cm³/mol. The van der Waals surface area contributed by atoms with Gasteiger partial charge < -0.3 is 24.8 Å². The highest BCUT2D eigenvalue weighted by Gasteiger charge is 2.13. The Hall–Kier alpha value is -3.66. The van der Waals surface area contributed by atoms with Gasteiger partial charge in [-0.1, -0.05) is 12.1 Å². The molecule has 2 N–H and O–H groups in total. The van der Waals surface area contributed by atoms with Gasteiger partial charge >= 0.3 is 0 Å². The van der Waals surface area contributed by atoms with E-state index in [4.69, 9.17) is 14.2 Å². The second-order valence-electron chi connectivity index (χ2n) is 6.12. The third-order valence-electron chi connectivity index (χ3n) is 4.15. The van der Waals surface area contributed by atoms with Crippen molar-refractivity contribution in [2.75, 3.05) is 27.4 Å². The van der Waals surface area contributed by atoms with E-state index in [-0.39, 0.29) is 11.6 Å². The molecule has 2 aromatic rings. The first-order valence-electron chi connectivity index (χ1n) is 9.12. The van der Waals surface area contributed by atoms with E-state index in [1.54, 1.807) is 14.2 Å². The van der Waals surface area contributed by atoms with Gasteiger partial charge in [0.05, 0.1) is 20.3 Å². The molecule has 0 saturated heterocycles. The van der Waals surface area contributed by atoms with Gasteiger partial charge in [-0.15, -0.1) is 0 Å². The zero-order valence-electron chi connectivity index (χ0n) is 16.8. The van der Waals surface area contributed by atoms with Crippen LogP contribution in [-0.2, 0) is 4.79 Å². The summed E-state index contributed by atoms with van der Waals surface area (Å²) in [5.41, 5.74) is 0.909. The highest BCUT2D eigenvalue weighted by atomic mass is 16.5. The second kappa shape index (κ2) is 11.2. The lowest BCUT2D eigenvalue weighted by atomic mass is 10.1. The highest BCUT2D eigenvalue weighted by molar-refractivity contribution is 5.97. The van der Waals surface area contributed by atoms with E-state index in [0.717, 1.165) is 17.1 Å². The van der Waals surface area contributed by atoms with Crippen LogP contribution in [0.3, 0.4) is 0 Å². The van der Waals surface area contributed by atoms with Crippen LogP contribution in [-0.4, -0.2) is 33.3 Å². The number of nitrogens with zero attached hydrogens (tertiary/aromatic N) is 1. The van der Waals surface area contributed by atoms with Crippen molar-refractivity contribution in [3.63, 3.8) is 0 Å². The highest BCUT2D eigenvalue weighted by Crippen LogP contribution is 2.18. The van der Waals surface area contributed by atoms with Crippen LogP contribution in [0, 0.1) is 11.3 Å². The molecule has 1 amide bonds. The average Bonchev–Trinajstić information content (AvgIpc) is 2.76. The van der Waals surface area contributed by atoms with Crippen molar-refractivity contribution in [2.45, 2.75) is 13.0 Å². The van der Waals surface area contributed by atoms with Gasteiger partial charge in [-0.25, -0.2) is 0 Å². The summed E-state index contributed by atoms with van der Waals surface area (Å²) in [6.45, 7) is 2.68. The SMILES string of the molecule is COc1ccc(OCCN/C=C(/C#N)C(=O)NC(C)c2ccc(OC)cc2)cc1. The lowest BCUT2D eigenvalue weighted by Gasteiger charge is -2.14. The first-order chi connectivity index (χ1) is 14.1. The molecule has 29 heavy (non-hydrogen) atoms. The summed E-state index contributed by atoms with van der Waals surface area (Å²) in [5.74, 6) is 1.76. The molecule has 0 bridgehead atoms. The van der Waals surface area contributed by atoms with Crippen LogP contribution in [0.1, 0.15) is 18.5 Å². The van der Waals surface area contributed by atoms with Gasteiger partial charge in [0, 0.05) is 12.7 Å². The Bertz CT molecular complexity index is 855. The fraction of sp³-hybridized carbons (Fsp3) is 0.273. The quantitative estimate of drug-likeness (QED) is 0.365. The van der Waals surface area contributed by atoms with Crippen molar-refractivity contribution in [1.82, 2.24) is 10.6 Å². The molecule has 7 nitrogen and oxygen atoms in total. The summed E-state index contributed by atoms with van der Waals surface area (Å²) in [7, 11) is 3.20. The molecule has 0 spiro atoms. The molecule has 1 atom stereocenters. The van der Waals surface area contributed by atoms with Crippen LogP contribution in [0.2, 0.25) is 0 Å². The van der Waals surface area contributed by atoms with E-state index in [1.165, 1.54) is 6.20 Å². The van der Waals surface area contributed by atoms with Gasteiger partial charge in [0.25, 0.3) is 5.91 Å². The monoisotopic (exact) mass is 395 g/mol. The van der Waals surface area contributed by atoms with Gasteiger partial charge in [-0.05, 0) is 48.9 Å². The summed E-state index contributed by atoms with van der Waals surface area (Å²) in [6, 6.07) is 16.3. The smallest absolute Gasteiger partial charge is 0.263 e. The molecule has 0 aromatic heterocycles. The molecule has 0 radical (unpaired) electrons. The van der Waals surface area contributed by atoms with Crippen LogP contribution in [0.25, 0.3) is 0 Å². The van der Waals surface area contributed by atoms with Crippen molar-refractivity contribution in [3.05, 3.63) is 65.9 Å². The summed E-state index contributed by atoms with van der Waals surface area (Å²) >= 11 is 0. The fourth-order valence-corrected chi connectivity index (χ4v) is 2.47. The molecular weight excluding hydrogens is 370 g/mol. The van der Waals surface area contributed by atoms with Crippen molar-refractivity contribution in [1.29, 1.82) is 5.26 Å². The van der Waals surface area contributed by atoms with Crippen LogP contribution in [0.15, 0.2) is 60.3 Å². The molecule has 2 rings (SSSR count). The number of carbonyl (C=O) groups is 1. The van der Waals surface area contributed by atoms with E-state index in [1.807, 2.05) is 61.5 Å². The van der Waals surface area contributed by atoms with Crippen LogP contribution < -0.4 is 24.8 Å². The van der Waals surface area contributed by atoms with Crippen molar-refractivity contribution < 1.29 is 19.0 Å². The average molecular weight is 395 g/mol. The van der Waals surface area contributed by atoms with Crippen LogP contribution in [0.5, 0.6) is 17.2 Å². The van der Waals surface area contributed by atoms with E-state index in [9.17, 15) is 10.1 Å². The van der Waals surface area contributed by atoms with Crippen molar-refractivity contribution in [2.24, 2.45) is 0 Å².